The van der Waals surface area contributed by atoms with Gasteiger partial charge >= 0.3 is 6.03 Å². The number of urea groups is 1. The van der Waals surface area contributed by atoms with Crippen molar-refractivity contribution in [2.75, 3.05) is 23.7 Å². The molecule has 0 aliphatic heterocycles. The van der Waals surface area contributed by atoms with Crippen LogP contribution >= 0.6 is 0 Å². The second-order valence-electron chi connectivity index (χ2n) is 5.86. The third-order valence-electron chi connectivity index (χ3n) is 3.95. The lowest BCUT2D eigenvalue weighted by atomic mass is 10.3. The van der Waals surface area contributed by atoms with Crippen LogP contribution in [0.3, 0.4) is 0 Å². The largest absolute Gasteiger partial charge is 0.368 e. The molecule has 3 aromatic rings. The van der Waals surface area contributed by atoms with Crippen molar-refractivity contribution in [3.05, 3.63) is 60.2 Å². The minimum Gasteiger partial charge on any atom is -0.368 e. The van der Waals surface area contributed by atoms with Crippen molar-refractivity contribution in [2.45, 2.75) is 13.8 Å². The molecule has 0 bridgehead atoms. The van der Waals surface area contributed by atoms with Gasteiger partial charge in [-0.2, -0.15) is 0 Å². The van der Waals surface area contributed by atoms with E-state index >= 15 is 0 Å². The maximum absolute atomic E-state index is 13.1. The molecule has 0 aliphatic carbocycles. The lowest BCUT2D eigenvalue weighted by Crippen LogP contribution is -2.32. The van der Waals surface area contributed by atoms with Crippen LogP contribution in [0, 0.1) is 19.7 Å². The van der Waals surface area contributed by atoms with Gasteiger partial charge in [0.2, 0.25) is 0 Å². The number of carbonyl (C=O) groups is 1. The van der Waals surface area contributed by atoms with Crippen LogP contribution in [0.2, 0.25) is 0 Å². The molecule has 0 saturated carbocycles. The van der Waals surface area contributed by atoms with Gasteiger partial charge in [-0.3, -0.25) is 4.57 Å². The number of halogens is 1. The molecule has 3 N–H and O–H groups in total. The van der Waals surface area contributed by atoms with Crippen LogP contribution in [0.15, 0.2) is 43.0 Å². The van der Waals surface area contributed by atoms with Crippen molar-refractivity contribution in [2.24, 2.45) is 0 Å². The van der Waals surface area contributed by atoms with E-state index in [0.717, 1.165) is 11.4 Å². The molecule has 0 saturated heterocycles. The number of amides is 2. The number of aryl methyl sites for hydroxylation is 1. The monoisotopic (exact) mass is 369 g/mol. The molecule has 3 rings (SSSR count). The molecule has 0 aliphatic rings. The van der Waals surface area contributed by atoms with Crippen LogP contribution in [0.4, 0.5) is 20.7 Å². The first-order valence-electron chi connectivity index (χ1n) is 8.40. The van der Waals surface area contributed by atoms with Gasteiger partial charge in [-0.25, -0.2) is 24.1 Å². The van der Waals surface area contributed by atoms with Crippen LogP contribution in [0.5, 0.6) is 0 Å². The van der Waals surface area contributed by atoms with Gasteiger partial charge in [0.1, 0.15) is 30.1 Å². The summed E-state index contributed by atoms with van der Waals surface area (Å²) in [4.78, 5) is 24.5. The average Bonchev–Trinajstić information content (AvgIpc) is 2.98. The number of nitrogens with zero attached hydrogens (tertiary/aromatic N) is 4. The summed E-state index contributed by atoms with van der Waals surface area (Å²) in [5, 5.41) is 8.37. The lowest BCUT2D eigenvalue weighted by molar-refractivity contribution is 0.252. The Labute approximate surface area is 155 Å². The summed E-state index contributed by atoms with van der Waals surface area (Å²) < 4.78 is 15.0. The van der Waals surface area contributed by atoms with Gasteiger partial charge in [-0.15, -0.1) is 0 Å². The standard InChI is InChI=1S/C18H20FN7O/c1-12-13(2)26(11-24-12)17-9-16(22-10-23-17)20-6-7-21-18(27)25-15-5-3-4-14(19)8-15/h3-5,8-11H,6-7H2,1-2H3,(H,20,22,23)(H2,21,25,27). The Morgan fingerprint density at radius 1 is 1.15 bits per heavy atom. The number of benzene rings is 1. The molecule has 2 aromatic heterocycles. The molecule has 0 fully saturated rings. The normalized spacial score (nSPS) is 10.5. The van der Waals surface area contributed by atoms with E-state index in [0.29, 0.717) is 30.4 Å². The fourth-order valence-electron chi connectivity index (χ4n) is 2.41. The minimum absolute atomic E-state index is 0.365. The summed E-state index contributed by atoms with van der Waals surface area (Å²) in [6.07, 6.45) is 3.19. The smallest absolute Gasteiger partial charge is 0.319 e. The van der Waals surface area contributed by atoms with Crippen LogP contribution in [0.25, 0.3) is 5.82 Å². The highest BCUT2D eigenvalue weighted by Crippen LogP contribution is 2.13. The molecule has 2 heterocycles. The number of hydrogen-bond donors (Lipinski definition) is 3. The first kappa shape index (κ1) is 18.3. The summed E-state index contributed by atoms with van der Waals surface area (Å²) >= 11 is 0. The average molecular weight is 369 g/mol. The van der Waals surface area contributed by atoms with E-state index in [9.17, 15) is 9.18 Å². The van der Waals surface area contributed by atoms with Gasteiger partial charge in [0, 0.05) is 30.5 Å². The van der Waals surface area contributed by atoms with E-state index in [1.165, 1.54) is 24.5 Å². The highest BCUT2D eigenvalue weighted by atomic mass is 19.1. The summed E-state index contributed by atoms with van der Waals surface area (Å²) in [5.74, 6) is 0.942. The number of imidazole rings is 1. The second-order valence-corrected chi connectivity index (χ2v) is 5.86. The molecular weight excluding hydrogens is 349 g/mol. The lowest BCUT2D eigenvalue weighted by Gasteiger charge is -2.10. The quantitative estimate of drug-likeness (QED) is 0.581. The zero-order chi connectivity index (χ0) is 19.2. The highest BCUT2D eigenvalue weighted by molar-refractivity contribution is 5.89. The Balaban J connectivity index is 1.49. The number of carbonyl (C=O) groups excluding carboxylic acids is 1. The van der Waals surface area contributed by atoms with Crippen molar-refractivity contribution in [3.63, 3.8) is 0 Å². The molecule has 27 heavy (non-hydrogen) atoms. The van der Waals surface area contributed by atoms with E-state index in [-0.39, 0.29) is 0 Å². The zero-order valence-corrected chi connectivity index (χ0v) is 15.0. The fraction of sp³-hybridized carbons (Fsp3) is 0.222. The number of nitrogens with one attached hydrogen (secondary N) is 3. The fourth-order valence-corrected chi connectivity index (χ4v) is 2.41. The van der Waals surface area contributed by atoms with Crippen molar-refractivity contribution in [1.82, 2.24) is 24.8 Å². The molecular formula is C18H20FN7O. The molecule has 9 heteroatoms. The van der Waals surface area contributed by atoms with Gasteiger partial charge < -0.3 is 16.0 Å². The highest BCUT2D eigenvalue weighted by Gasteiger charge is 2.07. The number of rotatable bonds is 6. The second kappa shape index (κ2) is 8.26. The Morgan fingerprint density at radius 2 is 2.00 bits per heavy atom. The van der Waals surface area contributed by atoms with E-state index in [1.807, 2.05) is 18.4 Å². The van der Waals surface area contributed by atoms with Crippen molar-refractivity contribution in [3.8, 4) is 5.82 Å². The number of aromatic nitrogens is 4. The summed E-state index contributed by atoms with van der Waals surface area (Å²) in [5.41, 5.74) is 2.35. The molecule has 1 aromatic carbocycles. The molecule has 8 nitrogen and oxygen atoms in total. The first-order valence-corrected chi connectivity index (χ1v) is 8.40. The van der Waals surface area contributed by atoms with E-state index < -0.39 is 11.8 Å². The molecule has 0 unspecified atom stereocenters. The maximum atomic E-state index is 13.1. The number of hydrogen-bond acceptors (Lipinski definition) is 5. The van der Waals surface area contributed by atoms with Gasteiger partial charge in [-0.05, 0) is 32.0 Å². The zero-order valence-electron chi connectivity index (χ0n) is 15.0. The predicted molar refractivity (Wildman–Crippen MR) is 101 cm³/mol. The van der Waals surface area contributed by atoms with Crippen molar-refractivity contribution < 1.29 is 9.18 Å². The molecule has 0 radical (unpaired) electrons. The third-order valence-corrected chi connectivity index (χ3v) is 3.95. The minimum atomic E-state index is -0.407. The van der Waals surface area contributed by atoms with Crippen LogP contribution in [0.1, 0.15) is 11.4 Å². The van der Waals surface area contributed by atoms with Crippen LogP contribution < -0.4 is 16.0 Å². The van der Waals surface area contributed by atoms with Gasteiger partial charge in [0.25, 0.3) is 0 Å². The molecule has 0 spiro atoms. The predicted octanol–water partition coefficient (Wildman–Crippen LogP) is 2.65. The van der Waals surface area contributed by atoms with Gasteiger partial charge in [0.05, 0.1) is 5.69 Å². The summed E-state index contributed by atoms with van der Waals surface area (Å²) in [6.45, 7) is 4.74. The summed E-state index contributed by atoms with van der Waals surface area (Å²) in [7, 11) is 0. The van der Waals surface area contributed by atoms with E-state index in [2.05, 4.69) is 30.9 Å². The van der Waals surface area contributed by atoms with Gasteiger partial charge in [0.15, 0.2) is 0 Å². The Bertz CT molecular complexity index is 941. The maximum Gasteiger partial charge on any atom is 0.319 e. The Hall–Kier alpha value is -3.49. The first-order chi connectivity index (χ1) is 13.0. The topological polar surface area (TPSA) is 96.8 Å². The Kier molecular flexibility index (Phi) is 5.60. The Morgan fingerprint density at radius 3 is 2.74 bits per heavy atom. The van der Waals surface area contributed by atoms with E-state index in [4.69, 9.17) is 0 Å². The van der Waals surface area contributed by atoms with Crippen LogP contribution in [-0.4, -0.2) is 38.6 Å². The summed E-state index contributed by atoms with van der Waals surface area (Å²) in [6, 6.07) is 7.11. The third kappa shape index (κ3) is 4.78. The molecule has 2 amide bonds. The molecule has 140 valence electrons. The van der Waals surface area contributed by atoms with E-state index in [1.54, 1.807) is 18.5 Å². The van der Waals surface area contributed by atoms with Crippen molar-refractivity contribution >= 4 is 17.5 Å². The molecule has 0 atom stereocenters. The van der Waals surface area contributed by atoms with Crippen molar-refractivity contribution in [1.29, 1.82) is 0 Å². The van der Waals surface area contributed by atoms with Crippen LogP contribution in [-0.2, 0) is 0 Å². The number of anilines is 2. The SMILES string of the molecule is Cc1ncn(-c2cc(NCCNC(=O)Nc3cccc(F)c3)ncn2)c1C. The van der Waals surface area contributed by atoms with Gasteiger partial charge in [-0.1, -0.05) is 6.07 Å².